The summed E-state index contributed by atoms with van der Waals surface area (Å²) < 4.78 is 0. The smallest absolute Gasteiger partial charge is 0.0462 e. The summed E-state index contributed by atoms with van der Waals surface area (Å²) in [5, 5.41) is 0. The first-order chi connectivity index (χ1) is 32.2. The van der Waals surface area contributed by atoms with Crippen LogP contribution in [-0.2, 0) is 0 Å². The van der Waals surface area contributed by atoms with Crippen LogP contribution >= 0.6 is 0 Å². The fourth-order valence-electron chi connectivity index (χ4n) is 8.13. The molecule has 0 radical (unpaired) electrons. The van der Waals surface area contributed by atoms with Crippen LogP contribution < -0.4 is 14.7 Å². The molecule has 0 spiro atoms. The average Bonchev–Trinajstić information content (AvgIpc) is 3.35. The van der Waals surface area contributed by atoms with E-state index < -0.39 is 0 Å². The molecular weight excluding hydrogens is 799 g/mol. The van der Waals surface area contributed by atoms with Gasteiger partial charge in [-0.05, 0) is 166 Å². The molecule has 0 aliphatic rings. The molecule has 0 aliphatic carbocycles. The second kappa shape index (κ2) is 19.7. The molecular formula is C63H55N3. The van der Waals surface area contributed by atoms with E-state index in [0.717, 1.165) is 73.4 Å². The zero-order chi connectivity index (χ0) is 45.4. The number of benzene rings is 9. The summed E-state index contributed by atoms with van der Waals surface area (Å²) in [6.07, 6.45) is 8.74. The van der Waals surface area contributed by atoms with E-state index in [0.29, 0.717) is 0 Å². The summed E-state index contributed by atoms with van der Waals surface area (Å²) >= 11 is 0. The second-order valence-corrected chi connectivity index (χ2v) is 17.2. The topological polar surface area (TPSA) is 9.72 Å². The van der Waals surface area contributed by atoms with Gasteiger partial charge in [-0.15, -0.1) is 0 Å². The van der Waals surface area contributed by atoms with E-state index >= 15 is 0 Å². The van der Waals surface area contributed by atoms with Crippen LogP contribution in [0.1, 0.15) is 50.1 Å². The lowest BCUT2D eigenvalue weighted by molar-refractivity contribution is 1.27. The van der Waals surface area contributed by atoms with E-state index in [1.54, 1.807) is 0 Å². The second-order valence-electron chi connectivity index (χ2n) is 17.2. The fraction of sp³-hybridized carbons (Fsp3) is 0.0794. The molecule has 0 bridgehead atoms. The lowest BCUT2D eigenvalue weighted by Crippen LogP contribution is -2.09. The van der Waals surface area contributed by atoms with E-state index in [9.17, 15) is 0 Å². The average molecular weight is 854 g/mol. The van der Waals surface area contributed by atoms with Crippen LogP contribution in [0, 0.1) is 34.6 Å². The van der Waals surface area contributed by atoms with E-state index in [4.69, 9.17) is 0 Å². The highest BCUT2D eigenvalue weighted by molar-refractivity contribution is 5.82. The number of nitrogens with zero attached hydrogens (tertiary/aromatic N) is 3. The first-order valence-corrected chi connectivity index (χ1v) is 22.7. The molecule has 3 heteroatoms. The standard InChI is InChI=1S/C63H55N3/c1-46-6-28-55(29-7-46)64(56-30-8-47(2)9-31-56)60-38-20-51(21-39-60)16-18-53-24-42-62(43-25-53)66(59-36-14-50(5)15-37-59)63-44-26-54(27-45-63)19-17-52-22-40-61(41-23-52)65(57-32-10-48(3)11-33-57)58-34-12-49(4)13-35-58/h6-45H,1-5H3/b18-16+,19-17+. The molecule has 322 valence electrons. The highest BCUT2D eigenvalue weighted by Gasteiger charge is 2.15. The highest BCUT2D eigenvalue weighted by Crippen LogP contribution is 2.38. The number of anilines is 9. The van der Waals surface area contributed by atoms with Gasteiger partial charge in [0.2, 0.25) is 0 Å². The van der Waals surface area contributed by atoms with Crippen LogP contribution in [0.15, 0.2) is 218 Å². The van der Waals surface area contributed by atoms with Crippen molar-refractivity contribution in [3.63, 3.8) is 0 Å². The molecule has 0 aromatic heterocycles. The zero-order valence-corrected chi connectivity index (χ0v) is 38.4. The lowest BCUT2D eigenvalue weighted by Gasteiger charge is -2.26. The molecule has 0 saturated carbocycles. The Hall–Kier alpha value is -8.14. The van der Waals surface area contributed by atoms with Crippen molar-refractivity contribution in [1.82, 2.24) is 0 Å². The Bertz CT molecular complexity index is 2750. The quantitative estimate of drug-likeness (QED) is 0.107. The normalized spacial score (nSPS) is 11.3. The fourth-order valence-corrected chi connectivity index (χ4v) is 8.13. The first kappa shape index (κ1) is 43.1. The number of rotatable bonds is 13. The monoisotopic (exact) mass is 853 g/mol. The molecule has 9 aromatic rings. The molecule has 0 atom stereocenters. The van der Waals surface area contributed by atoms with Crippen LogP contribution in [0.5, 0.6) is 0 Å². The lowest BCUT2D eigenvalue weighted by atomic mass is 10.1. The third-order valence-corrected chi connectivity index (χ3v) is 12.0. The van der Waals surface area contributed by atoms with E-state index in [2.05, 4.69) is 292 Å². The molecule has 66 heavy (non-hydrogen) atoms. The molecule has 0 saturated heterocycles. The largest absolute Gasteiger partial charge is 0.311 e. The first-order valence-electron chi connectivity index (χ1n) is 22.7. The van der Waals surface area contributed by atoms with Crippen LogP contribution in [0.4, 0.5) is 51.2 Å². The minimum atomic E-state index is 1.10. The van der Waals surface area contributed by atoms with Crippen LogP contribution in [-0.4, -0.2) is 0 Å². The maximum atomic E-state index is 2.32. The maximum Gasteiger partial charge on any atom is 0.0462 e. The molecule has 0 amide bonds. The van der Waals surface area contributed by atoms with Crippen LogP contribution in [0.2, 0.25) is 0 Å². The molecule has 3 nitrogen and oxygen atoms in total. The maximum absolute atomic E-state index is 2.32. The third-order valence-electron chi connectivity index (χ3n) is 12.0. The van der Waals surface area contributed by atoms with Gasteiger partial charge in [-0.3, -0.25) is 0 Å². The summed E-state index contributed by atoms with van der Waals surface area (Å²) in [6, 6.07) is 78.8. The van der Waals surface area contributed by atoms with E-state index in [1.165, 1.54) is 27.8 Å². The van der Waals surface area contributed by atoms with Gasteiger partial charge in [-0.1, -0.05) is 161 Å². The van der Waals surface area contributed by atoms with Crippen molar-refractivity contribution >= 4 is 75.5 Å². The van der Waals surface area contributed by atoms with Gasteiger partial charge in [-0.2, -0.15) is 0 Å². The summed E-state index contributed by atoms with van der Waals surface area (Å²) in [5.74, 6) is 0. The molecule has 0 fully saturated rings. The van der Waals surface area contributed by atoms with Crippen molar-refractivity contribution in [2.45, 2.75) is 34.6 Å². The van der Waals surface area contributed by atoms with Gasteiger partial charge in [0, 0.05) is 51.2 Å². The minimum Gasteiger partial charge on any atom is -0.311 e. The Morgan fingerprint density at radius 1 is 0.182 bits per heavy atom. The van der Waals surface area contributed by atoms with Crippen LogP contribution in [0.3, 0.4) is 0 Å². The van der Waals surface area contributed by atoms with Gasteiger partial charge in [0.15, 0.2) is 0 Å². The highest BCUT2D eigenvalue weighted by atomic mass is 15.2. The Morgan fingerprint density at radius 2 is 0.303 bits per heavy atom. The molecule has 9 rings (SSSR count). The summed E-state index contributed by atoms with van der Waals surface area (Å²) in [5.41, 5.74) is 20.9. The van der Waals surface area contributed by atoms with E-state index in [1.807, 2.05) is 0 Å². The predicted molar refractivity (Wildman–Crippen MR) is 285 cm³/mol. The Balaban J connectivity index is 0.906. The van der Waals surface area contributed by atoms with Crippen LogP contribution in [0.25, 0.3) is 24.3 Å². The number of hydrogen-bond donors (Lipinski definition) is 0. The Kier molecular flexibility index (Phi) is 12.9. The van der Waals surface area contributed by atoms with E-state index in [-0.39, 0.29) is 0 Å². The van der Waals surface area contributed by atoms with Crippen molar-refractivity contribution in [3.8, 4) is 0 Å². The van der Waals surface area contributed by atoms with Gasteiger partial charge in [0.25, 0.3) is 0 Å². The van der Waals surface area contributed by atoms with Crippen molar-refractivity contribution in [2.24, 2.45) is 0 Å². The summed E-state index contributed by atoms with van der Waals surface area (Å²) in [7, 11) is 0. The van der Waals surface area contributed by atoms with Gasteiger partial charge < -0.3 is 14.7 Å². The predicted octanol–water partition coefficient (Wildman–Crippen LogP) is 18.0. The molecule has 0 unspecified atom stereocenters. The zero-order valence-electron chi connectivity index (χ0n) is 38.4. The van der Waals surface area contributed by atoms with Crippen molar-refractivity contribution in [1.29, 1.82) is 0 Å². The van der Waals surface area contributed by atoms with Crippen molar-refractivity contribution in [3.05, 3.63) is 268 Å². The summed E-state index contributed by atoms with van der Waals surface area (Å²) in [4.78, 5) is 6.94. The Morgan fingerprint density at radius 3 is 0.439 bits per heavy atom. The minimum absolute atomic E-state index is 1.10. The SMILES string of the molecule is Cc1ccc(N(c2ccc(C)cc2)c2ccc(/C=C/c3ccc(N(c4ccc(C)cc4)c4ccc(/C=C/c5ccc(N(c6ccc(C)cc6)c6ccc(C)cc6)cc5)cc4)cc3)cc2)cc1. The van der Waals surface area contributed by atoms with Gasteiger partial charge >= 0.3 is 0 Å². The number of aryl methyl sites for hydroxylation is 5. The van der Waals surface area contributed by atoms with Gasteiger partial charge in [0.1, 0.15) is 0 Å². The molecule has 9 aromatic carbocycles. The Labute approximate surface area is 391 Å². The van der Waals surface area contributed by atoms with Gasteiger partial charge in [-0.25, -0.2) is 0 Å². The van der Waals surface area contributed by atoms with Crippen molar-refractivity contribution < 1.29 is 0 Å². The molecule has 0 N–H and O–H groups in total. The molecule has 0 heterocycles. The number of hydrogen-bond acceptors (Lipinski definition) is 3. The summed E-state index contributed by atoms with van der Waals surface area (Å²) in [6.45, 7) is 10.6. The molecule has 0 aliphatic heterocycles. The van der Waals surface area contributed by atoms with Gasteiger partial charge in [0.05, 0.1) is 0 Å². The third kappa shape index (κ3) is 10.3. The van der Waals surface area contributed by atoms with Crippen molar-refractivity contribution in [2.75, 3.05) is 14.7 Å².